The Hall–Kier alpha value is -1.76. The van der Waals surface area contributed by atoms with Gasteiger partial charge in [0.1, 0.15) is 4.88 Å². The topological polar surface area (TPSA) is 91.9 Å². The van der Waals surface area contributed by atoms with E-state index in [2.05, 4.69) is 14.7 Å². The van der Waals surface area contributed by atoms with E-state index in [9.17, 15) is 9.90 Å². The Bertz CT molecular complexity index is 517. The standard InChI is InChI=1S/C8H7N3O3S/c1-3-5(8(12)13)6(14-10-3)7-4(2)9-11-15-7/h1-2H3,(H,12,13)/p-1. The van der Waals surface area contributed by atoms with Crippen LogP contribution in [-0.4, -0.2) is 20.7 Å². The molecule has 2 aromatic rings. The summed E-state index contributed by atoms with van der Waals surface area (Å²) in [5.41, 5.74) is 0.862. The molecule has 78 valence electrons. The number of aromatic nitrogens is 3. The van der Waals surface area contributed by atoms with E-state index in [4.69, 9.17) is 4.52 Å². The number of carbonyl (C=O) groups is 1. The van der Waals surface area contributed by atoms with Crippen LogP contribution in [0, 0.1) is 13.8 Å². The first-order valence-electron chi connectivity index (χ1n) is 4.08. The van der Waals surface area contributed by atoms with Crippen molar-refractivity contribution in [2.45, 2.75) is 13.8 Å². The summed E-state index contributed by atoms with van der Waals surface area (Å²) in [5, 5.41) is 18.2. The molecule has 6 nitrogen and oxygen atoms in total. The minimum Gasteiger partial charge on any atom is -0.545 e. The van der Waals surface area contributed by atoms with Gasteiger partial charge in [-0.25, -0.2) is 0 Å². The molecule has 0 fully saturated rings. The Morgan fingerprint density at radius 3 is 2.67 bits per heavy atom. The van der Waals surface area contributed by atoms with Crippen molar-refractivity contribution in [2.24, 2.45) is 0 Å². The van der Waals surface area contributed by atoms with Crippen LogP contribution >= 0.6 is 11.5 Å². The maximum atomic E-state index is 10.9. The molecular formula is C8H6N3O3S-. The van der Waals surface area contributed by atoms with Crippen LogP contribution in [0.2, 0.25) is 0 Å². The Labute approximate surface area is 88.7 Å². The highest BCUT2D eigenvalue weighted by Gasteiger charge is 2.19. The molecule has 0 N–H and O–H groups in total. The fraction of sp³-hybridized carbons (Fsp3) is 0.250. The molecule has 2 aromatic heterocycles. The molecule has 0 saturated carbocycles. The largest absolute Gasteiger partial charge is 0.545 e. The van der Waals surface area contributed by atoms with E-state index in [1.807, 2.05) is 0 Å². The van der Waals surface area contributed by atoms with Crippen LogP contribution in [-0.2, 0) is 0 Å². The lowest BCUT2D eigenvalue weighted by molar-refractivity contribution is -0.255. The van der Waals surface area contributed by atoms with Crippen molar-refractivity contribution in [1.82, 2.24) is 14.7 Å². The van der Waals surface area contributed by atoms with Gasteiger partial charge < -0.3 is 14.4 Å². The van der Waals surface area contributed by atoms with Crippen LogP contribution in [0.25, 0.3) is 10.6 Å². The second kappa shape index (κ2) is 3.43. The van der Waals surface area contributed by atoms with Crippen LogP contribution in [0.1, 0.15) is 21.7 Å². The van der Waals surface area contributed by atoms with E-state index in [-0.39, 0.29) is 17.0 Å². The van der Waals surface area contributed by atoms with Crippen molar-refractivity contribution in [1.29, 1.82) is 0 Å². The van der Waals surface area contributed by atoms with Crippen LogP contribution in [0.5, 0.6) is 0 Å². The number of aryl methyl sites for hydroxylation is 2. The molecule has 0 atom stereocenters. The quantitative estimate of drug-likeness (QED) is 0.722. The van der Waals surface area contributed by atoms with Gasteiger partial charge in [-0.3, -0.25) is 0 Å². The number of carbonyl (C=O) groups excluding carboxylic acids is 1. The summed E-state index contributed by atoms with van der Waals surface area (Å²) in [6.45, 7) is 3.26. The molecular weight excluding hydrogens is 218 g/mol. The van der Waals surface area contributed by atoms with E-state index in [0.29, 0.717) is 10.6 Å². The number of hydrogen-bond acceptors (Lipinski definition) is 7. The number of aromatic carboxylic acids is 1. The molecule has 2 rings (SSSR count). The molecule has 0 bridgehead atoms. The van der Waals surface area contributed by atoms with Crippen LogP contribution in [0.3, 0.4) is 0 Å². The van der Waals surface area contributed by atoms with Gasteiger partial charge in [-0.2, -0.15) is 0 Å². The van der Waals surface area contributed by atoms with E-state index in [1.165, 1.54) is 0 Å². The maximum Gasteiger partial charge on any atom is 0.189 e. The zero-order valence-corrected chi connectivity index (χ0v) is 8.79. The third-order valence-corrected chi connectivity index (χ3v) is 2.75. The van der Waals surface area contributed by atoms with Crippen molar-refractivity contribution < 1.29 is 14.4 Å². The fourth-order valence-corrected chi connectivity index (χ4v) is 1.84. The third kappa shape index (κ3) is 1.50. The van der Waals surface area contributed by atoms with Crippen molar-refractivity contribution in [3.63, 3.8) is 0 Å². The van der Waals surface area contributed by atoms with Gasteiger partial charge in [0.05, 0.1) is 22.9 Å². The van der Waals surface area contributed by atoms with Gasteiger partial charge in [0.15, 0.2) is 5.76 Å². The van der Waals surface area contributed by atoms with Crippen molar-refractivity contribution in [3.8, 4) is 10.6 Å². The molecule has 0 aliphatic carbocycles. The van der Waals surface area contributed by atoms with E-state index < -0.39 is 5.97 Å². The van der Waals surface area contributed by atoms with Gasteiger partial charge in [0, 0.05) is 0 Å². The summed E-state index contributed by atoms with van der Waals surface area (Å²) in [5.74, 6) is -1.14. The molecule has 0 saturated heterocycles. The maximum absolute atomic E-state index is 10.9. The first-order chi connectivity index (χ1) is 7.11. The van der Waals surface area contributed by atoms with Crippen molar-refractivity contribution in [2.75, 3.05) is 0 Å². The highest BCUT2D eigenvalue weighted by Crippen LogP contribution is 2.30. The summed E-state index contributed by atoms with van der Waals surface area (Å²) < 4.78 is 8.64. The molecule has 0 aliphatic heterocycles. The van der Waals surface area contributed by atoms with Gasteiger partial charge in [0.25, 0.3) is 0 Å². The molecule has 15 heavy (non-hydrogen) atoms. The van der Waals surface area contributed by atoms with Gasteiger partial charge >= 0.3 is 0 Å². The van der Waals surface area contributed by atoms with Gasteiger partial charge in [-0.15, -0.1) is 5.10 Å². The molecule has 0 amide bonds. The van der Waals surface area contributed by atoms with Gasteiger partial charge in [-0.1, -0.05) is 9.64 Å². The van der Waals surface area contributed by atoms with Gasteiger partial charge in [0.2, 0.25) is 0 Å². The number of rotatable bonds is 2. The normalized spacial score (nSPS) is 10.5. The van der Waals surface area contributed by atoms with Crippen molar-refractivity contribution in [3.05, 3.63) is 17.0 Å². The molecule has 0 unspecified atom stereocenters. The minimum atomic E-state index is -1.31. The highest BCUT2D eigenvalue weighted by molar-refractivity contribution is 7.09. The van der Waals surface area contributed by atoms with Crippen molar-refractivity contribution >= 4 is 17.5 Å². The summed E-state index contributed by atoms with van der Waals surface area (Å²) >= 11 is 1.06. The van der Waals surface area contributed by atoms with E-state index in [1.54, 1.807) is 13.8 Å². The Morgan fingerprint density at radius 1 is 1.40 bits per heavy atom. The number of carboxylic acids is 1. The summed E-state index contributed by atoms with van der Waals surface area (Å²) in [6, 6.07) is 0. The second-order valence-electron chi connectivity index (χ2n) is 2.95. The van der Waals surface area contributed by atoms with E-state index in [0.717, 1.165) is 11.5 Å². The fourth-order valence-electron chi connectivity index (χ4n) is 1.20. The first-order valence-corrected chi connectivity index (χ1v) is 4.85. The molecule has 0 spiro atoms. The molecule has 0 aromatic carbocycles. The first kappa shape index (κ1) is 9.78. The molecule has 0 aliphatic rings. The summed E-state index contributed by atoms with van der Waals surface area (Å²) in [7, 11) is 0. The average Bonchev–Trinajstić information content (AvgIpc) is 2.71. The lowest BCUT2D eigenvalue weighted by atomic mass is 10.1. The third-order valence-electron chi connectivity index (χ3n) is 1.92. The summed E-state index contributed by atoms with van der Waals surface area (Å²) in [6.07, 6.45) is 0. The highest BCUT2D eigenvalue weighted by atomic mass is 32.1. The Kier molecular flexibility index (Phi) is 2.24. The monoisotopic (exact) mass is 224 g/mol. The lowest BCUT2D eigenvalue weighted by Crippen LogP contribution is -2.23. The van der Waals surface area contributed by atoms with E-state index >= 15 is 0 Å². The SMILES string of the molecule is Cc1nnsc1-c1onc(C)c1C(=O)[O-]. The predicted octanol–water partition coefficient (Wildman–Crippen LogP) is 0.173. The van der Waals surface area contributed by atoms with Crippen LogP contribution in [0.15, 0.2) is 4.52 Å². The Morgan fingerprint density at radius 2 is 2.13 bits per heavy atom. The zero-order chi connectivity index (χ0) is 11.0. The molecule has 2 heterocycles. The van der Waals surface area contributed by atoms with Gasteiger partial charge in [-0.05, 0) is 25.4 Å². The average molecular weight is 224 g/mol. The zero-order valence-electron chi connectivity index (χ0n) is 7.97. The number of nitrogens with zero attached hydrogens (tertiary/aromatic N) is 3. The predicted molar refractivity (Wildman–Crippen MR) is 49.2 cm³/mol. The Balaban J connectivity index is 2.64. The second-order valence-corrected chi connectivity index (χ2v) is 3.70. The smallest absolute Gasteiger partial charge is 0.189 e. The molecule has 7 heteroatoms. The lowest BCUT2D eigenvalue weighted by Gasteiger charge is -2.00. The summed E-state index contributed by atoms with van der Waals surface area (Å²) in [4.78, 5) is 11.4. The number of carboxylic acid groups (broad SMARTS) is 1. The molecule has 0 radical (unpaired) electrons. The van der Waals surface area contributed by atoms with Crippen LogP contribution < -0.4 is 5.11 Å². The number of hydrogen-bond donors (Lipinski definition) is 0. The van der Waals surface area contributed by atoms with Crippen LogP contribution in [0.4, 0.5) is 0 Å². The minimum absolute atomic E-state index is 0.0378.